The molecule has 0 aliphatic heterocycles. The van der Waals surface area contributed by atoms with Gasteiger partial charge in [-0.1, -0.05) is 34.1 Å². The van der Waals surface area contributed by atoms with E-state index < -0.39 is 43.9 Å². The van der Waals surface area contributed by atoms with Gasteiger partial charge >= 0.3 is 12.4 Å². The van der Waals surface area contributed by atoms with Gasteiger partial charge in [0.2, 0.25) is 0 Å². The molecule has 0 saturated heterocycles. The largest absolute Gasteiger partial charge is 0.436 e. The number of halogens is 6. The minimum absolute atomic E-state index is 1.34. The van der Waals surface area contributed by atoms with Crippen molar-refractivity contribution in [2.75, 3.05) is 37.7 Å². The topological polar surface area (TPSA) is 82.4 Å². The Morgan fingerprint density at radius 1 is 0.594 bits per heavy atom. The maximum absolute atomic E-state index is 11.6. The smallest absolute Gasteiger partial charge is 0.401 e. The molecule has 0 aliphatic rings. The van der Waals surface area contributed by atoms with Crippen LogP contribution in [-0.2, 0) is 20.0 Å². The summed E-state index contributed by atoms with van der Waals surface area (Å²) in [5, 5.41) is 0. The fourth-order valence-electron chi connectivity index (χ4n) is 3.43. The molecule has 0 saturated carbocycles. The van der Waals surface area contributed by atoms with E-state index in [1.807, 2.05) is 0 Å². The fourth-order valence-corrected chi connectivity index (χ4v) is 6.06. The van der Waals surface area contributed by atoms with Gasteiger partial charge in [0.25, 0.3) is 0 Å². The van der Waals surface area contributed by atoms with Gasteiger partial charge in [0, 0.05) is 0 Å². The van der Waals surface area contributed by atoms with Crippen LogP contribution in [0.3, 0.4) is 0 Å². The van der Waals surface area contributed by atoms with Crippen molar-refractivity contribution in [3.63, 3.8) is 0 Å². The van der Waals surface area contributed by atoms with Gasteiger partial charge in [-0.2, -0.15) is 26.3 Å². The Morgan fingerprint density at radius 3 is 1.19 bits per heavy atom. The van der Waals surface area contributed by atoms with E-state index >= 15 is 0 Å². The molecule has 196 valence electrons. The van der Waals surface area contributed by atoms with Crippen molar-refractivity contribution >= 4 is 20.0 Å². The molecule has 6 nitrogen and oxygen atoms in total. The SMILES string of the molecule is CCCCC[N+](CCC)(CCC)CCC.O=S(=O)(CC(F)(F)F)[N-]S(=O)(=O)CC(F)(F)F. The van der Waals surface area contributed by atoms with E-state index in [2.05, 4.69) is 27.7 Å². The second-order valence-electron chi connectivity index (χ2n) is 7.70. The van der Waals surface area contributed by atoms with Crippen molar-refractivity contribution in [3.8, 4) is 0 Å². The van der Waals surface area contributed by atoms with Crippen molar-refractivity contribution in [3.05, 3.63) is 4.13 Å². The first-order chi connectivity index (χ1) is 14.4. The Bertz CT molecular complexity index is 647. The van der Waals surface area contributed by atoms with E-state index in [9.17, 15) is 43.2 Å². The van der Waals surface area contributed by atoms with Gasteiger partial charge in [-0.25, -0.2) is 16.8 Å². The molecule has 0 radical (unpaired) electrons. The molecule has 0 spiro atoms. The van der Waals surface area contributed by atoms with Crippen LogP contribution < -0.4 is 0 Å². The minimum Gasteiger partial charge on any atom is -0.436 e. The number of nitrogens with zero attached hydrogens (tertiary/aromatic N) is 2. The summed E-state index contributed by atoms with van der Waals surface area (Å²) in [5.41, 5.74) is 0. The lowest BCUT2D eigenvalue weighted by molar-refractivity contribution is -0.928. The predicted octanol–water partition coefficient (Wildman–Crippen LogP) is 5.37. The summed E-state index contributed by atoms with van der Waals surface area (Å²) in [5.74, 6) is -5.28. The van der Waals surface area contributed by atoms with Crippen LogP contribution in [0.15, 0.2) is 0 Å². The van der Waals surface area contributed by atoms with E-state index in [1.54, 1.807) is 4.13 Å². The molecule has 0 bridgehead atoms. The Morgan fingerprint density at radius 2 is 0.938 bits per heavy atom. The zero-order valence-electron chi connectivity index (χ0n) is 19.1. The van der Waals surface area contributed by atoms with Gasteiger partial charge in [-0.3, -0.25) is 0 Å². The highest BCUT2D eigenvalue weighted by atomic mass is 32.3. The summed E-state index contributed by atoms with van der Waals surface area (Å²) in [6.45, 7) is 14.9. The molecule has 0 N–H and O–H groups in total. The first-order valence-corrected chi connectivity index (χ1v) is 13.8. The fraction of sp³-hybridized carbons (Fsp3) is 1.00. The molecule has 0 aromatic heterocycles. The Balaban J connectivity index is 0. The standard InChI is InChI=1S/C14H32N.C4H4F6NO4S2/c1-5-9-10-14-15(11-6-2,12-7-3)13-8-4;5-3(6,7)1-16(12,13)11-17(14,15)2-4(8,9)10/h5-14H2,1-4H3;1-2H2/q+1;-1. The molecule has 0 unspecified atom stereocenters. The maximum atomic E-state index is 11.6. The molecule has 14 heteroatoms. The minimum atomic E-state index is -5.56. The lowest BCUT2D eigenvalue weighted by Gasteiger charge is -2.38. The van der Waals surface area contributed by atoms with Crippen molar-refractivity contribution in [1.29, 1.82) is 0 Å². The number of alkyl halides is 6. The summed E-state index contributed by atoms with van der Waals surface area (Å²) in [4.78, 5) is 0. The van der Waals surface area contributed by atoms with E-state index in [0.29, 0.717) is 0 Å². The molecular weight excluding hydrogens is 486 g/mol. The molecule has 0 atom stereocenters. The lowest BCUT2D eigenvalue weighted by atomic mass is 10.1. The van der Waals surface area contributed by atoms with Crippen molar-refractivity contribution in [2.45, 2.75) is 78.6 Å². The van der Waals surface area contributed by atoms with Crippen LogP contribution in [-0.4, -0.2) is 71.4 Å². The summed E-state index contributed by atoms with van der Waals surface area (Å²) >= 11 is 0. The van der Waals surface area contributed by atoms with Gasteiger partial charge in [-0.05, 0) is 32.1 Å². The zero-order chi connectivity index (χ0) is 25.7. The molecule has 0 aromatic carbocycles. The van der Waals surface area contributed by atoms with Crippen LogP contribution in [0, 0.1) is 0 Å². The van der Waals surface area contributed by atoms with Gasteiger partial charge in [0.1, 0.15) is 11.5 Å². The second kappa shape index (κ2) is 14.6. The summed E-state index contributed by atoms with van der Waals surface area (Å²) in [7, 11) is -11.1. The molecule has 0 aromatic rings. The van der Waals surface area contributed by atoms with Crippen LogP contribution in [0.25, 0.3) is 4.13 Å². The first-order valence-electron chi connectivity index (χ1n) is 10.5. The molecule has 0 fully saturated rings. The van der Waals surface area contributed by atoms with Crippen LogP contribution >= 0.6 is 0 Å². The molecular formula is C18H36F6N2O4S2. The van der Waals surface area contributed by atoms with Crippen molar-refractivity contribution in [1.82, 2.24) is 0 Å². The van der Waals surface area contributed by atoms with Crippen molar-refractivity contribution in [2.24, 2.45) is 0 Å². The van der Waals surface area contributed by atoms with E-state index in [-0.39, 0.29) is 0 Å². The average Bonchev–Trinajstić information content (AvgIpc) is 2.50. The second-order valence-corrected chi connectivity index (χ2v) is 11.2. The zero-order valence-corrected chi connectivity index (χ0v) is 20.7. The van der Waals surface area contributed by atoms with Crippen LogP contribution in [0.5, 0.6) is 0 Å². The quantitative estimate of drug-likeness (QED) is 0.175. The summed E-state index contributed by atoms with van der Waals surface area (Å²) in [6, 6.07) is 0. The third kappa shape index (κ3) is 18.9. The lowest BCUT2D eigenvalue weighted by Crippen LogP contribution is -2.50. The highest BCUT2D eigenvalue weighted by molar-refractivity contribution is 8.12. The Labute approximate surface area is 188 Å². The average molecular weight is 523 g/mol. The van der Waals surface area contributed by atoms with Gasteiger partial charge in [0.05, 0.1) is 46.2 Å². The van der Waals surface area contributed by atoms with Gasteiger partial charge < -0.3 is 8.61 Å². The number of sulfonamides is 2. The summed E-state index contributed by atoms with van der Waals surface area (Å²) in [6.07, 6.45) is -2.38. The predicted molar refractivity (Wildman–Crippen MR) is 113 cm³/mol. The summed E-state index contributed by atoms with van der Waals surface area (Å²) < 4.78 is 115. The van der Waals surface area contributed by atoms with E-state index in [1.165, 1.54) is 69.2 Å². The van der Waals surface area contributed by atoms with Crippen LogP contribution in [0.1, 0.15) is 66.2 Å². The number of rotatable bonds is 14. The highest BCUT2D eigenvalue weighted by Crippen LogP contribution is 2.26. The molecule has 0 aliphatic carbocycles. The first kappa shape index (κ1) is 33.6. The van der Waals surface area contributed by atoms with Crippen LogP contribution in [0.2, 0.25) is 0 Å². The molecule has 0 amide bonds. The van der Waals surface area contributed by atoms with Crippen molar-refractivity contribution < 1.29 is 47.7 Å². The van der Waals surface area contributed by atoms with E-state index in [4.69, 9.17) is 0 Å². The Kier molecular flexibility index (Phi) is 15.3. The Hall–Kier alpha value is -0.600. The van der Waals surface area contributed by atoms with E-state index in [0.717, 1.165) is 0 Å². The third-order valence-electron chi connectivity index (χ3n) is 4.25. The third-order valence-corrected chi connectivity index (χ3v) is 7.45. The maximum Gasteiger partial charge on any atom is 0.401 e. The molecule has 0 rings (SSSR count). The number of quaternary nitrogens is 1. The van der Waals surface area contributed by atoms with Gasteiger partial charge in [-0.15, -0.1) is 0 Å². The van der Waals surface area contributed by atoms with Crippen LogP contribution in [0.4, 0.5) is 26.3 Å². The number of hydrogen-bond acceptors (Lipinski definition) is 4. The van der Waals surface area contributed by atoms with Gasteiger partial charge in [0.15, 0.2) is 0 Å². The highest BCUT2D eigenvalue weighted by Gasteiger charge is 2.35. The molecule has 32 heavy (non-hydrogen) atoms. The number of unbranched alkanes of at least 4 members (excludes halogenated alkanes) is 2. The monoisotopic (exact) mass is 522 g/mol. The molecule has 0 heterocycles. The number of hydrogen-bond donors (Lipinski definition) is 0. The normalized spacial score (nSPS) is 13.6.